The SMILES string of the molecule is Cc1ccc2c(Cl)c(C)ccc2n1. The Morgan fingerprint density at radius 3 is 2.62 bits per heavy atom. The molecule has 66 valence electrons. The van der Waals surface area contributed by atoms with Crippen LogP contribution in [0.15, 0.2) is 24.3 Å². The van der Waals surface area contributed by atoms with Gasteiger partial charge < -0.3 is 0 Å². The Kier molecular flexibility index (Phi) is 1.97. The van der Waals surface area contributed by atoms with Crippen molar-refractivity contribution in [1.29, 1.82) is 0 Å². The van der Waals surface area contributed by atoms with E-state index >= 15 is 0 Å². The number of hydrogen-bond donors (Lipinski definition) is 0. The lowest BCUT2D eigenvalue weighted by Crippen LogP contribution is -1.85. The largest absolute Gasteiger partial charge is 0.253 e. The topological polar surface area (TPSA) is 12.9 Å². The van der Waals surface area contributed by atoms with Gasteiger partial charge in [0, 0.05) is 11.1 Å². The minimum Gasteiger partial charge on any atom is -0.253 e. The van der Waals surface area contributed by atoms with Crippen molar-refractivity contribution in [3.63, 3.8) is 0 Å². The maximum Gasteiger partial charge on any atom is 0.0720 e. The predicted octanol–water partition coefficient (Wildman–Crippen LogP) is 3.51. The van der Waals surface area contributed by atoms with Crippen molar-refractivity contribution in [2.75, 3.05) is 0 Å². The second-order valence-corrected chi connectivity index (χ2v) is 3.59. The molecular formula is C11H10ClN. The van der Waals surface area contributed by atoms with Crippen LogP contribution in [0.2, 0.25) is 5.02 Å². The molecule has 1 nitrogen and oxygen atoms in total. The van der Waals surface area contributed by atoms with Crippen LogP contribution in [0, 0.1) is 13.8 Å². The van der Waals surface area contributed by atoms with Gasteiger partial charge in [0.1, 0.15) is 0 Å². The lowest BCUT2D eigenvalue weighted by Gasteiger charge is -2.03. The Balaban J connectivity index is 2.87. The van der Waals surface area contributed by atoms with Crippen molar-refractivity contribution in [2.45, 2.75) is 13.8 Å². The number of pyridine rings is 1. The number of halogens is 1. The summed E-state index contributed by atoms with van der Waals surface area (Å²) in [5, 5.41) is 1.84. The average Bonchev–Trinajstić information content (AvgIpc) is 2.12. The zero-order valence-electron chi connectivity index (χ0n) is 7.63. The fraction of sp³-hybridized carbons (Fsp3) is 0.182. The van der Waals surface area contributed by atoms with Crippen LogP contribution >= 0.6 is 11.6 Å². The van der Waals surface area contributed by atoms with Crippen molar-refractivity contribution in [2.24, 2.45) is 0 Å². The van der Waals surface area contributed by atoms with Crippen molar-refractivity contribution in [3.05, 3.63) is 40.5 Å². The fourth-order valence-electron chi connectivity index (χ4n) is 1.38. The van der Waals surface area contributed by atoms with E-state index in [-0.39, 0.29) is 0 Å². The van der Waals surface area contributed by atoms with Gasteiger partial charge in [-0.15, -0.1) is 0 Å². The zero-order chi connectivity index (χ0) is 9.42. The number of fused-ring (bicyclic) bond motifs is 1. The number of rotatable bonds is 0. The summed E-state index contributed by atoms with van der Waals surface area (Å²) >= 11 is 6.14. The van der Waals surface area contributed by atoms with Gasteiger partial charge in [-0.05, 0) is 37.6 Å². The molecule has 13 heavy (non-hydrogen) atoms. The molecule has 0 aliphatic carbocycles. The Bertz CT molecular complexity index is 463. The Hall–Kier alpha value is -1.08. The average molecular weight is 192 g/mol. The van der Waals surface area contributed by atoms with Crippen LogP contribution in [0.5, 0.6) is 0 Å². The lowest BCUT2D eigenvalue weighted by atomic mass is 10.1. The van der Waals surface area contributed by atoms with Gasteiger partial charge in [0.2, 0.25) is 0 Å². The molecule has 1 aromatic heterocycles. The van der Waals surface area contributed by atoms with E-state index in [9.17, 15) is 0 Å². The molecule has 0 N–H and O–H groups in total. The number of nitrogens with zero attached hydrogens (tertiary/aromatic N) is 1. The summed E-state index contributed by atoms with van der Waals surface area (Å²) in [4.78, 5) is 4.39. The van der Waals surface area contributed by atoms with E-state index in [1.165, 1.54) is 0 Å². The predicted molar refractivity (Wildman–Crippen MR) is 56.2 cm³/mol. The first-order chi connectivity index (χ1) is 6.18. The van der Waals surface area contributed by atoms with Gasteiger partial charge in [-0.3, -0.25) is 4.98 Å². The van der Waals surface area contributed by atoms with Crippen LogP contribution < -0.4 is 0 Å². The molecule has 0 saturated heterocycles. The van der Waals surface area contributed by atoms with E-state index in [4.69, 9.17) is 11.6 Å². The number of aromatic nitrogens is 1. The van der Waals surface area contributed by atoms with Crippen LogP contribution in [0.25, 0.3) is 10.9 Å². The first-order valence-corrected chi connectivity index (χ1v) is 4.59. The molecule has 1 heterocycles. The molecule has 1 aromatic carbocycles. The molecule has 0 saturated carbocycles. The van der Waals surface area contributed by atoms with Crippen LogP contribution in [0.4, 0.5) is 0 Å². The first-order valence-electron chi connectivity index (χ1n) is 4.21. The molecule has 0 unspecified atom stereocenters. The van der Waals surface area contributed by atoms with Gasteiger partial charge in [-0.2, -0.15) is 0 Å². The minimum absolute atomic E-state index is 0.810. The molecule has 2 rings (SSSR count). The van der Waals surface area contributed by atoms with Crippen molar-refractivity contribution < 1.29 is 0 Å². The first kappa shape index (κ1) is 8.52. The molecule has 0 aliphatic rings. The zero-order valence-corrected chi connectivity index (χ0v) is 8.39. The molecule has 0 bridgehead atoms. The second kappa shape index (κ2) is 3.00. The molecule has 0 fully saturated rings. The highest BCUT2D eigenvalue weighted by Gasteiger charge is 2.02. The van der Waals surface area contributed by atoms with Crippen LogP contribution in [-0.4, -0.2) is 4.98 Å². The van der Waals surface area contributed by atoms with Gasteiger partial charge >= 0.3 is 0 Å². The number of hydrogen-bond acceptors (Lipinski definition) is 1. The lowest BCUT2D eigenvalue weighted by molar-refractivity contribution is 1.25. The van der Waals surface area contributed by atoms with Crippen LogP contribution in [0.1, 0.15) is 11.3 Å². The monoisotopic (exact) mass is 191 g/mol. The van der Waals surface area contributed by atoms with E-state index in [1.807, 2.05) is 38.1 Å². The molecule has 0 aliphatic heterocycles. The summed E-state index contributed by atoms with van der Waals surface area (Å²) in [7, 11) is 0. The Morgan fingerprint density at radius 2 is 1.85 bits per heavy atom. The molecule has 2 heteroatoms. The highest BCUT2D eigenvalue weighted by atomic mass is 35.5. The molecule has 2 aromatic rings. The smallest absolute Gasteiger partial charge is 0.0720 e. The fourth-order valence-corrected chi connectivity index (χ4v) is 1.60. The van der Waals surface area contributed by atoms with Gasteiger partial charge in [0.05, 0.1) is 10.5 Å². The summed E-state index contributed by atoms with van der Waals surface area (Å²) in [6.45, 7) is 3.98. The third-order valence-corrected chi connectivity index (χ3v) is 2.64. The summed E-state index contributed by atoms with van der Waals surface area (Å²) in [5.74, 6) is 0. The minimum atomic E-state index is 0.810. The van der Waals surface area contributed by atoms with E-state index in [1.54, 1.807) is 0 Å². The molecule has 0 amide bonds. The molecule has 0 radical (unpaired) electrons. The van der Waals surface area contributed by atoms with Crippen molar-refractivity contribution >= 4 is 22.5 Å². The number of benzene rings is 1. The molecular weight excluding hydrogens is 182 g/mol. The summed E-state index contributed by atoms with van der Waals surface area (Å²) < 4.78 is 0. The number of aryl methyl sites for hydroxylation is 2. The maximum absolute atomic E-state index is 6.14. The Labute approximate surface area is 82.4 Å². The third-order valence-electron chi connectivity index (χ3n) is 2.14. The van der Waals surface area contributed by atoms with Crippen molar-refractivity contribution in [3.8, 4) is 0 Å². The van der Waals surface area contributed by atoms with E-state index < -0.39 is 0 Å². The van der Waals surface area contributed by atoms with E-state index in [2.05, 4.69) is 4.98 Å². The van der Waals surface area contributed by atoms with Crippen LogP contribution in [-0.2, 0) is 0 Å². The maximum atomic E-state index is 6.14. The second-order valence-electron chi connectivity index (χ2n) is 3.22. The quantitative estimate of drug-likeness (QED) is 0.621. The summed E-state index contributed by atoms with van der Waals surface area (Å²) in [6, 6.07) is 8.00. The van der Waals surface area contributed by atoms with Gasteiger partial charge in [0.15, 0.2) is 0 Å². The third kappa shape index (κ3) is 1.40. The van der Waals surface area contributed by atoms with Gasteiger partial charge in [-0.25, -0.2) is 0 Å². The highest BCUT2D eigenvalue weighted by molar-refractivity contribution is 6.36. The van der Waals surface area contributed by atoms with E-state index in [0.717, 1.165) is 27.2 Å². The molecule has 0 spiro atoms. The summed E-state index contributed by atoms with van der Waals surface area (Å²) in [6.07, 6.45) is 0. The Morgan fingerprint density at radius 1 is 1.08 bits per heavy atom. The van der Waals surface area contributed by atoms with Gasteiger partial charge in [-0.1, -0.05) is 17.7 Å². The van der Waals surface area contributed by atoms with Gasteiger partial charge in [0.25, 0.3) is 0 Å². The highest BCUT2D eigenvalue weighted by Crippen LogP contribution is 2.25. The van der Waals surface area contributed by atoms with E-state index in [0.29, 0.717) is 0 Å². The summed E-state index contributed by atoms with van der Waals surface area (Å²) in [5.41, 5.74) is 3.09. The standard InChI is InChI=1S/C11H10ClN/c1-7-3-6-10-9(11(7)12)5-4-8(2)13-10/h3-6H,1-2H3. The normalized spacial score (nSPS) is 10.7. The van der Waals surface area contributed by atoms with Crippen molar-refractivity contribution in [1.82, 2.24) is 4.98 Å². The molecule has 0 atom stereocenters. The van der Waals surface area contributed by atoms with Crippen LogP contribution in [0.3, 0.4) is 0 Å².